The van der Waals surface area contributed by atoms with Gasteiger partial charge in [-0.3, -0.25) is 0 Å². The lowest BCUT2D eigenvalue weighted by Crippen LogP contribution is -2.01. The summed E-state index contributed by atoms with van der Waals surface area (Å²) in [5.74, 6) is 1.58. The minimum atomic E-state index is 0.481. The molecule has 0 saturated carbocycles. The first kappa shape index (κ1) is 13.1. The summed E-state index contributed by atoms with van der Waals surface area (Å²) >= 11 is 0. The largest absolute Gasteiger partial charge is 0.307 e. The van der Waals surface area contributed by atoms with Gasteiger partial charge in [-0.05, 0) is 34.9 Å². The average Bonchev–Trinajstić information content (AvgIpc) is 2.69. The number of rotatable bonds is 3. The van der Waals surface area contributed by atoms with Crippen molar-refractivity contribution >= 4 is 5.65 Å². The van der Waals surface area contributed by atoms with E-state index < -0.39 is 0 Å². The van der Waals surface area contributed by atoms with Crippen molar-refractivity contribution in [3.05, 3.63) is 35.3 Å². The molecular formula is C16H24N2. The normalized spacial score (nSPS) is 12.3. The maximum absolute atomic E-state index is 4.72. The van der Waals surface area contributed by atoms with E-state index in [2.05, 4.69) is 64.4 Å². The third kappa shape index (κ3) is 2.29. The zero-order valence-electron chi connectivity index (χ0n) is 12.4. The molecule has 0 fully saturated rings. The molecule has 0 unspecified atom stereocenters. The first-order valence-electron chi connectivity index (χ1n) is 6.92. The molecule has 2 heterocycles. The van der Waals surface area contributed by atoms with Crippen molar-refractivity contribution in [1.82, 2.24) is 9.38 Å². The molecule has 98 valence electrons. The zero-order valence-corrected chi connectivity index (χ0v) is 12.4. The van der Waals surface area contributed by atoms with Crippen molar-refractivity contribution in [3.8, 4) is 0 Å². The van der Waals surface area contributed by atoms with E-state index in [1.165, 1.54) is 16.8 Å². The fraction of sp³-hybridized carbons (Fsp3) is 0.562. The molecule has 2 nitrogen and oxygen atoms in total. The van der Waals surface area contributed by atoms with Gasteiger partial charge in [0.15, 0.2) is 0 Å². The second kappa shape index (κ2) is 4.75. The van der Waals surface area contributed by atoms with E-state index in [0.29, 0.717) is 17.8 Å². The highest BCUT2D eigenvalue weighted by molar-refractivity contribution is 5.48. The number of hydrogen-bond donors (Lipinski definition) is 0. The molecule has 0 atom stereocenters. The zero-order chi connectivity index (χ0) is 13.4. The van der Waals surface area contributed by atoms with E-state index in [1.54, 1.807) is 0 Å². The molecule has 0 aliphatic heterocycles. The quantitative estimate of drug-likeness (QED) is 0.764. The summed E-state index contributed by atoms with van der Waals surface area (Å²) in [6.07, 6.45) is 4.42. The molecule has 0 N–H and O–H groups in total. The number of aromatic nitrogens is 2. The fourth-order valence-corrected chi connectivity index (χ4v) is 2.35. The topological polar surface area (TPSA) is 17.3 Å². The molecule has 2 rings (SSSR count). The van der Waals surface area contributed by atoms with E-state index in [4.69, 9.17) is 4.98 Å². The van der Waals surface area contributed by atoms with E-state index in [9.17, 15) is 0 Å². The minimum Gasteiger partial charge on any atom is -0.307 e. The van der Waals surface area contributed by atoms with Crippen LogP contribution in [0.4, 0.5) is 0 Å². The van der Waals surface area contributed by atoms with Crippen LogP contribution in [0.2, 0.25) is 0 Å². The summed E-state index contributed by atoms with van der Waals surface area (Å²) < 4.78 is 2.18. The Hall–Kier alpha value is -1.31. The van der Waals surface area contributed by atoms with Gasteiger partial charge in [0.25, 0.3) is 0 Å². The van der Waals surface area contributed by atoms with Gasteiger partial charge in [0.2, 0.25) is 0 Å². The Morgan fingerprint density at radius 2 is 1.44 bits per heavy atom. The van der Waals surface area contributed by atoms with Crippen LogP contribution < -0.4 is 0 Å². The Morgan fingerprint density at radius 3 is 1.94 bits per heavy atom. The van der Waals surface area contributed by atoms with Gasteiger partial charge in [-0.25, -0.2) is 4.98 Å². The van der Waals surface area contributed by atoms with Crippen molar-refractivity contribution < 1.29 is 0 Å². The highest BCUT2D eigenvalue weighted by Crippen LogP contribution is 2.28. The summed E-state index contributed by atoms with van der Waals surface area (Å²) in [4.78, 5) is 4.72. The second-order valence-electron chi connectivity index (χ2n) is 6.08. The fourth-order valence-electron chi connectivity index (χ4n) is 2.35. The minimum absolute atomic E-state index is 0.481. The Labute approximate surface area is 110 Å². The van der Waals surface area contributed by atoms with E-state index in [1.807, 2.05) is 0 Å². The van der Waals surface area contributed by atoms with Gasteiger partial charge in [-0.1, -0.05) is 41.5 Å². The highest BCUT2D eigenvalue weighted by Gasteiger charge is 2.13. The predicted molar refractivity (Wildman–Crippen MR) is 77.5 cm³/mol. The Kier molecular flexibility index (Phi) is 3.47. The molecule has 2 aromatic heterocycles. The van der Waals surface area contributed by atoms with Crippen LogP contribution >= 0.6 is 0 Å². The molecule has 0 aliphatic carbocycles. The molecule has 0 aromatic carbocycles. The van der Waals surface area contributed by atoms with Crippen LogP contribution in [0, 0.1) is 0 Å². The van der Waals surface area contributed by atoms with Crippen molar-refractivity contribution in [1.29, 1.82) is 0 Å². The second-order valence-corrected chi connectivity index (χ2v) is 6.08. The summed E-state index contributed by atoms with van der Waals surface area (Å²) in [6.45, 7) is 13.4. The molecule has 0 spiro atoms. The summed E-state index contributed by atoms with van der Waals surface area (Å²) in [5.41, 5.74) is 5.11. The summed E-state index contributed by atoms with van der Waals surface area (Å²) in [6, 6.07) is 2.26. The molecule has 2 heteroatoms. The molecule has 0 radical (unpaired) electrons. The van der Waals surface area contributed by atoms with E-state index in [0.717, 1.165) is 5.65 Å². The van der Waals surface area contributed by atoms with Gasteiger partial charge >= 0.3 is 0 Å². The van der Waals surface area contributed by atoms with Crippen LogP contribution in [-0.2, 0) is 0 Å². The Bertz CT molecular complexity index is 502. The van der Waals surface area contributed by atoms with Gasteiger partial charge in [0, 0.05) is 12.4 Å². The standard InChI is InChI=1S/C16H24N2/c1-10(2)13-7-16-17-15(12(5)6)9-18(16)8-14(13)11(3)4/h7-12H,1-6H3. The van der Waals surface area contributed by atoms with Crippen molar-refractivity contribution in [3.63, 3.8) is 0 Å². The molecule has 0 bridgehead atoms. The maximum atomic E-state index is 4.72. The summed E-state index contributed by atoms with van der Waals surface area (Å²) in [5, 5.41) is 0. The number of hydrogen-bond acceptors (Lipinski definition) is 1. The smallest absolute Gasteiger partial charge is 0.137 e. The van der Waals surface area contributed by atoms with Gasteiger partial charge in [0.1, 0.15) is 5.65 Å². The number of fused-ring (bicyclic) bond motifs is 1. The number of pyridine rings is 1. The molecule has 2 aromatic rings. The SMILES string of the molecule is CC(C)c1cn2cc(C(C)C)c(C(C)C)cc2n1. The molecule has 0 amide bonds. The van der Waals surface area contributed by atoms with Crippen LogP contribution in [0.25, 0.3) is 5.65 Å². The van der Waals surface area contributed by atoms with Crippen LogP contribution in [0.15, 0.2) is 18.5 Å². The number of imidazole rings is 1. The molecule has 0 aliphatic rings. The van der Waals surface area contributed by atoms with Crippen molar-refractivity contribution in [2.75, 3.05) is 0 Å². The van der Waals surface area contributed by atoms with E-state index in [-0.39, 0.29) is 0 Å². The van der Waals surface area contributed by atoms with Crippen LogP contribution in [0.1, 0.15) is 76.1 Å². The Morgan fingerprint density at radius 1 is 0.833 bits per heavy atom. The first-order valence-corrected chi connectivity index (χ1v) is 6.92. The number of nitrogens with zero attached hydrogens (tertiary/aromatic N) is 2. The lowest BCUT2D eigenvalue weighted by atomic mass is 9.92. The first-order chi connectivity index (χ1) is 8.40. The van der Waals surface area contributed by atoms with Crippen LogP contribution in [0.3, 0.4) is 0 Å². The van der Waals surface area contributed by atoms with Crippen LogP contribution in [0.5, 0.6) is 0 Å². The van der Waals surface area contributed by atoms with Gasteiger partial charge in [-0.2, -0.15) is 0 Å². The van der Waals surface area contributed by atoms with Crippen LogP contribution in [-0.4, -0.2) is 9.38 Å². The van der Waals surface area contributed by atoms with Crippen molar-refractivity contribution in [2.24, 2.45) is 0 Å². The Balaban J connectivity index is 2.65. The summed E-state index contributed by atoms with van der Waals surface area (Å²) in [7, 11) is 0. The van der Waals surface area contributed by atoms with Gasteiger partial charge in [-0.15, -0.1) is 0 Å². The maximum Gasteiger partial charge on any atom is 0.137 e. The lowest BCUT2D eigenvalue weighted by Gasteiger charge is -2.16. The molecule has 18 heavy (non-hydrogen) atoms. The monoisotopic (exact) mass is 244 g/mol. The predicted octanol–water partition coefficient (Wildman–Crippen LogP) is 4.70. The van der Waals surface area contributed by atoms with Crippen molar-refractivity contribution in [2.45, 2.75) is 59.3 Å². The highest BCUT2D eigenvalue weighted by atomic mass is 15.0. The van der Waals surface area contributed by atoms with E-state index >= 15 is 0 Å². The molecule has 0 saturated heterocycles. The molecular weight excluding hydrogens is 220 g/mol. The lowest BCUT2D eigenvalue weighted by molar-refractivity contribution is 0.780. The average molecular weight is 244 g/mol. The van der Waals surface area contributed by atoms with Gasteiger partial charge < -0.3 is 4.40 Å². The third-order valence-corrected chi connectivity index (χ3v) is 3.51. The van der Waals surface area contributed by atoms with Gasteiger partial charge in [0.05, 0.1) is 5.69 Å². The third-order valence-electron chi connectivity index (χ3n) is 3.51.